The number of hydrogen-bond acceptors (Lipinski definition) is 5. The van der Waals surface area contributed by atoms with Gasteiger partial charge in [-0.25, -0.2) is 4.98 Å². The number of nitro benzene ring substituents is 1. The molecule has 0 unspecified atom stereocenters. The lowest BCUT2D eigenvalue weighted by atomic mass is 10.1. The number of pyridine rings is 1. The van der Waals surface area contributed by atoms with Crippen molar-refractivity contribution in [1.29, 1.82) is 0 Å². The van der Waals surface area contributed by atoms with Crippen LogP contribution >= 0.6 is 0 Å². The van der Waals surface area contributed by atoms with Gasteiger partial charge in [0, 0.05) is 24.9 Å². The second kappa shape index (κ2) is 4.86. The zero-order valence-corrected chi connectivity index (χ0v) is 10.9. The van der Waals surface area contributed by atoms with E-state index in [0.29, 0.717) is 18.7 Å². The van der Waals surface area contributed by atoms with Crippen LogP contribution in [0.5, 0.6) is 5.75 Å². The monoisotopic (exact) mass is 285 g/mol. The van der Waals surface area contributed by atoms with Crippen molar-refractivity contribution in [3.63, 3.8) is 0 Å². The highest BCUT2D eigenvalue weighted by atomic mass is 16.6. The Balaban J connectivity index is 2.01. The van der Waals surface area contributed by atoms with Gasteiger partial charge >= 0.3 is 0 Å². The zero-order chi connectivity index (χ0) is 15.0. The number of nitrogens with zero attached hydrogens (tertiary/aromatic N) is 3. The predicted octanol–water partition coefficient (Wildman–Crippen LogP) is 1.90. The van der Waals surface area contributed by atoms with Crippen LogP contribution in [0.25, 0.3) is 0 Å². The van der Waals surface area contributed by atoms with Crippen molar-refractivity contribution < 1.29 is 14.8 Å². The van der Waals surface area contributed by atoms with Gasteiger partial charge in [-0.2, -0.15) is 0 Å². The fourth-order valence-corrected chi connectivity index (χ4v) is 2.38. The van der Waals surface area contributed by atoms with Crippen LogP contribution in [-0.2, 0) is 6.42 Å². The van der Waals surface area contributed by atoms with E-state index in [9.17, 15) is 20.0 Å². The number of carbonyl (C=O) groups excluding carboxylic acids is 1. The van der Waals surface area contributed by atoms with E-state index in [1.807, 2.05) is 0 Å². The molecule has 0 saturated heterocycles. The summed E-state index contributed by atoms with van der Waals surface area (Å²) in [5.41, 5.74) is 1.24. The van der Waals surface area contributed by atoms with Gasteiger partial charge in [-0.3, -0.25) is 14.9 Å². The van der Waals surface area contributed by atoms with Gasteiger partial charge in [-0.1, -0.05) is 6.07 Å². The molecule has 0 aliphatic carbocycles. The third kappa shape index (κ3) is 2.18. The molecule has 2 aromatic rings. The zero-order valence-electron chi connectivity index (χ0n) is 10.9. The third-order valence-corrected chi connectivity index (χ3v) is 3.41. The van der Waals surface area contributed by atoms with Crippen molar-refractivity contribution in [3.05, 3.63) is 57.9 Å². The highest BCUT2D eigenvalue weighted by Gasteiger charge is 2.29. The summed E-state index contributed by atoms with van der Waals surface area (Å²) in [6, 6.07) is 7.35. The Morgan fingerprint density at radius 3 is 2.90 bits per heavy atom. The summed E-state index contributed by atoms with van der Waals surface area (Å²) >= 11 is 0. The molecule has 0 fully saturated rings. The Hall–Kier alpha value is -2.96. The molecular weight excluding hydrogens is 274 g/mol. The first-order chi connectivity index (χ1) is 10.1. The molecule has 7 heteroatoms. The summed E-state index contributed by atoms with van der Waals surface area (Å²) < 4.78 is 0. The standard InChI is InChI=1S/C14H11N3O4/c18-12-2-1-6-15-13(12)14(19)16-7-5-9-3-4-10(17(20)21)8-11(9)16/h1-4,6,8,18H,5,7H2. The van der Waals surface area contributed by atoms with Crippen molar-refractivity contribution in [2.45, 2.75) is 6.42 Å². The van der Waals surface area contributed by atoms with E-state index in [1.54, 1.807) is 6.07 Å². The molecule has 0 bridgehead atoms. The fourth-order valence-electron chi connectivity index (χ4n) is 2.38. The molecule has 1 N–H and O–H groups in total. The van der Waals surface area contributed by atoms with Gasteiger partial charge in [0.2, 0.25) is 0 Å². The first-order valence-corrected chi connectivity index (χ1v) is 6.31. The Morgan fingerprint density at radius 1 is 1.38 bits per heavy atom. The van der Waals surface area contributed by atoms with Crippen LogP contribution in [-0.4, -0.2) is 27.5 Å². The minimum Gasteiger partial charge on any atom is -0.505 e. The van der Waals surface area contributed by atoms with Gasteiger partial charge in [-0.15, -0.1) is 0 Å². The second-order valence-electron chi connectivity index (χ2n) is 4.65. The van der Waals surface area contributed by atoms with E-state index in [2.05, 4.69) is 4.98 Å². The molecule has 1 aliphatic rings. The second-order valence-corrected chi connectivity index (χ2v) is 4.65. The number of amides is 1. The van der Waals surface area contributed by atoms with E-state index in [-0.39, 0.29) is 17.1 Å². The van der Waals surface area contributed by atoms with Gasteiger partial charge in [-0.05, 0) is 24.1 Å². The molecule has 0 atom stereocenters. The number of benzene rings is 1. The largest absolute Gasteiger partial charge is 0.505 e. The molecule has 1 aromatic heterocycles. The lowest BCUT2D eigenvalue weighted by Gasteiger charge is -2.17. The molecule has 1 aliphatic heterocycles. The maximum atomic E-state index is 12.4. The highest BCUT2D eigenvalue weighted by Crippen LogP contribution is 2.33. The number of aromatic nitrogens is 1. The summed E-state index contributed by atoms with van der Waals surface area (Å²) in [5.74, 6) is -0.672. The van der Waals surface area contributed by atoms with Gasteiger partial charge in [0.15, 0.2) is 5.69 Å². The van der Waals surface area contributed by atoms with E-state index >= 15 is 0 Å². The fraction of sp³-hybridized carbons (Fsp3) is 0.143. The summed E-state index contributed by atoms with van der Waals surface area (Å²) in [5, 5.41) is 20.6. The predicted molar refractivity (Wildman–Crippen MR) is 74.4 cm³/mol. The number of carbonyl (C=O) groups is 1. The van der Waals surface area contributed by atoms with Gasteiger partial charge in [0.25, 0.3) is 11.6 Å². The van der Waals surface area contributed by atoms with Crippen molar-refractivity contribution in [3.8, 4) is 5.75 Å². The number of fused-ring (bicyclic) bond motifs is 1. The molecule has 0 radical (unpaired) electrons. The lowest BCUT2D eigenvalue weighted by molar-refractivity contribution is -0.384. The van der Waals surface area contributed by atoms with Crippen molar-refractivity contribution >= 4 is 17.3 Å². The van der Waals surface area contributed by atoms with Crippen molar-refractivity contribution in [1.82, 2.24) is 4.98 Å². The van der Waals surface area contributed by atoms with Crippen molar-refractivity contribution in [2.24, 2.45) is 0 Å². The molecule has 106 valence electrons. The van der Waals surface area contributed by atoms with Crippen LogP contribution < -0.4 is 4.90 Å². The topological polar surface area (TPSA) is 96.6 Å². The molecular formula is C14H11N3O4. The SMILES string of the molecule is O=C(c1ncccc1O)N1CCc2ccc([N+](=O)[O-])cc21. The summed E-state index contributed by atoms with van der Waals surface area (Å²) in [6.45, 7) is 0.408. The number of hydrogen-bond donors (Lipinski definition) is 1. The number of rotatable bonds is 2. The Labute approximate surface area is 119 Å². The summed E-state index contributed by atoms with van der Waals surface area (Å²) in [7, 11) is 0. The van der Waals surface area contributed by atoms with Gasteiger partial charge in [0.1, 0.15) is 5.75 Å². The summed E-state index contributed by atoms with van der Waals surface area (Å²) in [6.07, 6.45) is 2.03. The smallest absolute Gasteiger partial charge is 0.280 e. The van der Waals surface area contributed by atoms with Crippen LogP contribution in [0.4, 0.5) is 11.4 Å². The number of anilines is 1. The molecule has 2 heterocycles. The summed E-state index contributed by atoms with van der Waals surface area (Å²) in [4.78, 5) is 28.1. The number of aromatic hydroxyl groups is 1. The minimum absolute atomic E-state index is 0.0585. The molecule has 1 amide bonds. The van der Waals surface area contributed by atoms with E-state index in [4.69, 9.17) is 0 Å². The van der Waals surface area contributed by atoms with Gasteiger partial charge in [0.05, 0.1) is 10.6 Å². The normalized spacial score (nSPS) is 13.0. The molecule has 0 spiro atoms. The molecule has 1 aromatic carbocycles. The van der Waals surface area contributed by atoms with Crippen LogP contribution in [0.15, 0.2) is 36.5 Å². The van der Waals surface area contributed by atoms with Crippen LogP contribution in [0.2, 0.25) is 0 Å². The number of nitro groups is 1. The van der Waals surface area contributed by atoms with E-state index < -0.39 is 10.8 Å². The minimum atomic E-state index is -0.501. The van der Waals surface area contributed by atoms with Crippen LogP contribution in [0.3, 0.4) is 0 Å². The molecule has 0 saturated carbocycles. The molecule has 3 rings (SSSR count). The van der Waals surface area contributed by atoms with E-state index in [0.717, 1.165) is 5.56 Å². The Bertz CT molecular complexity index is 745. The number of non-ortho nitro benzene ring substituents is 1. The Morgan fingerprint density at radius 2 is 2.19 bits per heavy atom. The first kappa shape index (κ1) is 13.0. The van der Waals surface area contributed by atoms with Crippen LogP contribution in [0.1, 0.15) is 16.1 Å². The average Bonchev–Trinajstić information content (AvgIpc) is 2.90. The molecule has 7 nitrogen and oxygen atoms in total. The average molecular weight is 285 g/mol. The third-order valence-electron chi connectivity index (χ3n) is 3.41. The first-order valence-electron chi connectivity index (χ1n) is 6.31. The lowest BCUT2D eigenvalue weighted by Crippen LogP contribution is -2.29. The molecule has 21 heavy (non-hydrogen) atoms. The van der Waals surface area contributed by atoms with Crippen LogP contribution in [0, 0.1) is 10.1 Å². The highest BCUT2D eigenvalue weighted by molar-refractivity contribution is 6.07. The maximum Gasteiger partial charge on any atom is 0.280 e. The maximum absolute atomic E-state index is 12.4. The van der Waals surface area contributed by atoms with E-state index in [1.165, 1.54) is 35.4 Å². The van der Waals surface area contributed by atoms with Crippen molar-refractivity contribution in [2.75, 3.05) is 11.4 Å². The van der Waals surface area contributed by atoms with Gasteiger partial charge < -0.3 is 10.0 Å². The Kier molecular flexibility index (Phi) is 3.02. The quantitative estimate of drug-likeness (QED) is 0.671.